The molecule has 5 heteroatoms. The van der Waals surface area contributed by atoms with Crippen LogP contribution in [0, 0.1) is 24.2 Å². The van der Waals surface area contributed by atoms with Crippen LogP contribution in [0.3, 0.4) is 0 Å². The number of nitrogens with zero attached hydrogens (tertiary/aromatic N) is 3. The Bertz CT molecular complexity index is 549. The van der Waals surface area contributed by atoms with E-state index in [-0.39, 0.29) is 0 Å². The summed E-state index contributed by atoms with van der Waals surface area (Å²) in [7, 11) is 2.29. The quantitative estimate of drug-likeness (QED) is 0.789. The van der Waals surface area contributed by atoms with Crippen LogP contribution in [0.2, 0.25) is 0 Å². The first-order valence-corrected chi connectivity index (χ1v) is 10.4. The molecule has 0 aromatic carbocycles. The summed E-state index contributed by atoms with van der Waals surface area (Å²) >= 11 is 1.81. The average molecular weight is 350 g/mol. The monoisotopic (exact) mass is 349 g/mol. The molecule has 1 atom stereocenters. The summed E-state index contributed by atoms with van der Waals surface area (Å²) in [5, 5.41) is 0. The maximum Gasteiger partial charge on any atom is 0.0798 e. The molecular formula is C19H31N3OS. The van der Waals surface area contributed by atoms with Gasteiger partial charge in [-0.3, -0.25) is 4.90 Å². The Hall–Kier alpha value is -0.490. The number of likely N-dealkylation sites (tertiary alicyclic amines) is 2. The minimum Gasteiger partial charge on any atom is -0.381 e. The maximum atomic E-state index is 6.10. The molecule has 3 aliphatic rings. The summed E-state index contributed by atoms with van der Waals surface area (Å²) in [5.41, 5.74) is 3.69. The molecule has 1 saturated carbocycles. The molecule has 3 fully saturated rings. The number of rotatable bonds is 6. The molecule has 2 saturated heterocycles. The van der Waals surface area contributed by atoms with Crippen LogP contribution in [0.4, 0.5) is 0 Å². The number of ether oxygens (including phenoxy) is 1. The molecule has 1 aromatic rings. The van der Waals surface area contributed by atoms with Crippen LogP contribution in [0.5, 0.6) is 0 Å². The first kappa shape index (κ1) is 17.0. The third kappa shape index (κ3) is 3.69. The summed E-state index contributed by atoms with van der Waals surface area (Å²) in [6, 6.07) is 0. The summed E-state index contributed by atoms with van der Waals surface area (Å²) in [4.78, 5) is 11.0. The summed E-state index contributed by atoms with van der Waals surface area (Å²) in [6.07, 6.45) is 5.43. The number of aryl methyl sites for hydroxylation is 1. The highest BCUT2D eigenvalue weighted by Gasteiger charge is 2.47. The van der Waals surface area contributed by atoms with Crippen molar-refractivity contribution in [3.8, 4) is 0 Å². The predicted molar refractivity (Wildman–Crippen MR) is 98.3 cm³/mol. The fourth-order valence-electron chi connectivity index (χ4n) is 4.60. The van der Waals surface area contributed by atoms with Crippen molar-refractivity contribution in [3.05, 3.63) is 16.1 Å². The van der Waals surface area contributed by atoms with Crippen molar-refractivity contribution in [2.45, 2.75) is 39.2 Å². The molecule has 0 bridgehead atoms. The van der Waals surface area contributed by atoms with Crippen LogP contribution in [-0.4, -0.2) is 61.2 Å². The van der Waals surface area contributed by atoms with Crippen molar-refractivity contribution >= 4 is 11.3 Å². The van der Waals surface area contributed by atoms with Gasteiger partial charge in [-0.1, -0.05) is 0 Å². The average Bonchev–Trinajstić information content (AvgIpc) is 3.23. The molecule has 0 N–H and O–H groups in total. The minimum atomic E-state index is 0.498. The summed E-state index contributed by atoms with van der Waals surface area (Å²) < 4.78 is 6.10. The second-order valence-electron chi connectivity index (χ2n) is 8.37. The van der Waals surface area contributed by atoms with Gasteiger partial charge in [0.1, 0.15) is 0 Å². The molecule has 0 unspecified atom stereocenters. The van der Waals surface area contributed by atoms with Crippen molar-refractivity contribution in [1.82, 2.24) is 14.8 Å². The van der Waals surface area contributed by atoms with Crippen LogP contribution in [0.1, 0.15) is 36.3 Å². The normalized spacial score (nSPS) is 28.0. The Morgan fingerprint density at radius 2 is 2.08 bits per heavy atom. The molecule has 0 radical (unpaired) electrons. The largest absolute Gasteiger partial charge is 0.381 e. The maximum absolute atomic E-state index is 6.10. The van der Waals surface area contributed by atoms with E-state index < -0.39 is 0 Å². The molecule has 24 heavy (non-hydrogen) atoms. The SMILES string of the molecule is Cc1ncsc1CN1CCC2(CC1)CN(C)C[C@@H]2COCC1CC1. The Morgan fingerprint density at radius 3 is 2.75 bits per heavy atom. The van der Waals surface area contributed by atoms with E-state index in [4.69, 9.17) is 4.74 Å². The topological polar surface area (TPSA) is 28.6 Å². The number of piperidine rings is 1. The van der Waals surface area contributed by atoms with E-state index in [9.17, 15) is 0 Å². The molecule has 4 rings (SSSR count). The number of hydrogen-bond acceptors (Lipinski definition) is 5. The Labute approximate surface area is 150 Å². The van der Waals surface area contributed by atoms with Crippen molar-refractivity contribution in [2.75, 3.05) is 46.4 Å². The lowest BCUT2D eigenvalue weighted by Crippen LogP contribution is -2.44. The molecule has 1 aromatic heterocycles. The zero-order valence-corrected chi connectivity index (χ0v) is 16.0. The molecule has 134 valence electrons. The second kappa shape index (κ2) is 7.02. The molecule has 1 aliphatic carbocycles. The minimum absolute atomic E-state index is 0.498. The summed E-state index contributed by atoms with van der Waals surface area (Å²) in [6.45, 7) is 10.1. The molecule has 3 heterocycles. The van der Waals surface area contributed by atoms with E-state index in [1.165, 1.54) is 62.4 Å². The molecule has 4 nitrogen and oxygen atoms in total. The fraction of sp³-hybridized carbons (Fsp3) is 0.842. The summed E-state index contributed by atoms with van der Waals surface area (Å²) in [5.74, 6) is 1.61. The van der Waals surface area contributed by atoms with E-state index in [2.05, 4.69) is 28.8 Å². The standard InChI is InChI=1S/C19H31N3OS/c1-15-18(24-14-20-15)10-22-7-5-19(6-8-22)13-21(2)9-17(19)12-23-11-16-3-4-16/h14,16-17H,3-13H2,1-2H3/t17-/m1/s1. The van der Waals surface area contributed by atoms with Gasteiger partial charge >= 0.3 is 0 Å². The number of aromatic nitrogens is 1. The second-order valence-corrected chi connectivity index (χ2v) is 9.31. The third-order valence-electron chi connectivity index (χ3n) is 6.42. The first-order valence-electron chi connectivity index (χ1n) is 9.52. The van der Waals surface area contributed by atoms with Gasteiger partial charge in [-0.25, -0.2) is 4.98 Å². The van der Waals surface area contributed by atoms with Gasteiger partial charge in [0, 0.05) is 37.0 Å². The van der Waals surface area contributed by atoms with E-state index in [0.717, 1.165) is 31.6 Å². The zero-order valence-electron chi connectivity index (χ0n) is 15.2. The number of thiazole rings is 1. The van der Waals surface area contributed by atoms with Crippen molar-refractivity contribution in [1.29, 1.82) is 0 Å². The van der Waals surface area contributed by atoms with Gasteiger partial charge in [0.15, 0.2) is 0 Å². The molecule has 2 aliphatic heterocycles. The lowest BCUT2D eigenvalue weighted by Gasteiger charge is -2.42. The van der Waals surface area contributed by atoms with E-state index >= 15 is 0 Å². The van der Waals surface area contributed by atoms with Gasteiger partial charge in [-0.05, 0) is 64.1 Å². The van der Waals surface area contributed by atoms with Gasteiger partial charge in [0.25, 0.3) is 0 Å². The van der Waals surface area contributed by atoms with Gasteiger partial charge in [0.2, 0.25) is 0 Å². The van der Waals surface area contributed by atoms with E-state index in [1.54, 1.807) is 11.3 Å². The van der Waals surface area contributed by atoms with Gasteiger partial charge < -0.3 is 9.64 Å². The third-order valence-corrected chi connectivity index (χ3v) is 7.34. The van der Waals surface area contributed by atoms with Crippen LogP contribution in [0.15, 0.2) is 5.51 Å². The van der Waals surface area contributed by atoms with Crippen LogP contribution < -0.4 is 0 Å². The van der Waals surface area contributed by atoms with Gasteiger partial charge in [-0.15, -0.1) is 11.3 Å². The lowest BCUT2D eigenvalue weighted by molar-refractivity contribution is 0.0169. The predicted octanol–water partition coefficient (Wildman–Crippen LogP) is 3.02. The Balaban J connectivity index is 1.32. The molecule has 1 spiro atoms. The van der Waals surface area contributed by atoms with Crippen molar-refractivity contribution in [2.24, 2.45) is 17.3 Å². The first-order chi connectivity index (χ1) is 11.6. The highest BCUT2D eigenvalue weighted by molar-refractivity contribution is 7.09. The van der Waals surface area contributed by atoms with Crippen molar-refractivity contribution < 1.29 is 4.74 Å². The van der Waals surface area contributed by atoms with E-state index in [0.29, 0.717) is 5.41 Å². The van der Waals surface area contributed by atoms with Crippen LogP contribution >= 0.6 is 11.3 Å². The lowest BCUT2D eigenvalue weighted by atomic mass is 9.71. The smallest absolute Gasteiger partial charge is 0.0798 e. The highest BCUT2D eigenvalue weighted by Crippen LogP contribution is 2.45. The molecule has 0 amide bonds. The zero-order chi connectivity index (χ0) is 16.6. The molecular weight excluding hydrogens is 318 g/mol. The van der Waals surface area contributed by atoms with Crippen LogP contribution in [0.25, 0.3) is 0 Å². The van der Waals surface area contributed by atoms with Gasteiger partial charge in [-0.2, -0.15) is 0 Å². The van der Waals surface area contributed by atoms with Crippen molar-refractivity contribution in [3.63, 3.8) is 0 Å². The van der Waals surface area contributed by atoms with Gasteiger partial charge in [0.05, 0.1) is 17.8 Å². The van der Waals surface area contributed by atoms with E-state index in [1.807, 2.05) is 5.51 Å². The Kier molecular flexibility index (Phi) is 4.96. The van der Waals surface area contributed by atoms with Crippen LogP contribution in [-0.2, 0) is 11.3 Å². The Morgan fingerprint density at radius 1 is 1.29 bits per heavy atom. The highest BCUT2D eigenvalue weighted by atomic mass is 32.1. The fourth-order valence-corrected chi connectivity index (χ4v) is 5.41. The number of hydrogen-bond donors (Lipinski definition) is 0.